The van der Waals surface area contributed by atoms with Gasteiger partial charge in [0.2, 0.25) is 5.75 Å². The number of anilines is 1. The van der Waals surface area contributed by atoms with Gasteiger partial charge in [-0.25, -0.2) is 4.79 Å². The van der Waals surface area contributed by atoms with E-state index >= 15 is 0 Å². The minimum Gasteiger partial charge on any atom is -0.493 e. The zero-order valence-corrected chi connectivity index (χ0v) is 16.9. The van der Waals surface area contributed by atoms with Gasteiger partial charge in [-0.3, -0.25) is 0 Å². The average molecular weight is 390 g/mol. The lowest BCUT2D eigenvalue weighted by molar-refractivity contribution is 0.249. The first kappa shape index (κ1) is 21.0. The lowest BCUT2D eigenvalue weighted by Gasteiger charge is -2.18. The number of carbonyl (C=O) groups excluding carboxylic acids is 1. The van der Waals surface area contributed by atoms with E-state index in [0.717, 1.165) is 5.56 Å². The molecule has 0 aliphatic heterocycles. The molecule has 2 aromatic rings. The standard InChI is InChI=1S/C20H26N2O6/c1-12(13-7-8-15(24-2)16(9-13)25-3)21-20(23)22-14-10-17(26-4)19(28-6)18(11-14)27-5/h7-12H,1-6H3,(H2,21,22,23). The van der Waals surface area contributed by atoms with Gasteiger partial charge in [-0.05, 0) is 24.6 Å². The van der Waals surface area contributed by atoms with Crippen molar-refractivity contribution in [3.63, 3.8) is 0 Å². The first-order valence-corrected chi connectivity index (χ1v) is 8.56. The molecule has 0 bridgehead atoms. The van der Waals surface area contributed by atoms with Crippen LogP contribution in [0.2, 0.25) is 0 Å². The molecular formula is C20H26N2O6. The summed E-state index contributed by atoms with van der Waals surface area (Å²) in [6, 6.07) is 8.15. The lowest BCUT2D eigenvalue weighted by Crippen LogP contribution is -2.31. The first-order chi connectivity index (χ1) is 13.5. The molecule has 28 heavy (non-hydrogen) atoms. The van der Waals surface area contributed by atoms with Crippen LogP contribution in [0.1, 0.15) is 18.5 Å². The van der Waals surface area contributed by atoms with Gasteiger partial charge in [0.1, 0.15) is 0 Å². The van der Waals surface area contributed by atoms with Crippen LogP contribution in [0.4, 0.5) is 10.5 Å². The van der Waals surface area contributed by atoms with Crippen molar-refractivity contribution in [2.24, 2.45) is 0 Å². The highest BCUT2D eigenvalue weighted by Gasteiger charge is 2.16. The molecule has 0 aromatic heterocycles. The highest BCUT2D eigenvalue weighted by Crippen LogP contribution is 2.40. The van der Waals surface area contributed by atoms with Gasteiger partial charge in [0.25, 0.3) is 0 Å². The van der Waals surface area contributed by atoms with Crippen molar-refractivity contribution in [1.29, 1.82) is 0 Å². The van der Waals surface area contributed by atoms with E-state index in [1.165, 1.54) is 21.3 Å². The third-order valence-corrected chi connectivity index (χ3v) is 4.18. The zero-order valence-electron chi connectivity index (χ0n) is 16.9. The molecular weight excluding hydrogens is 364 g/mol. The molecule has 0 aliphatic carbocycles. The maximum atomic E-state index is 12.4. The molecule has 1 atom stereocenters. The number of ether oxygens (including phenoxy) is 5. The largest absolute Gasteiger partial charge is 0.493 e. The molecule has 8 nitrogen and oxygen atoms in total. The molecule has 0 aliphatic rings. The second-order valence-electron chi connectivity index (χ2n) is 5.85. The summed E-state index contributed by atoms with van der Waals surface area (Å²) < 4.78 is 26.4. The van der Waals surface area contributed by atoms with Crippen LogP contribution in [0.15, 0.2) is 30.3 Å². The number of rotatable bonds is 8. The number of amides is 2. The van der Waals surface area contributed by atoms with Crippen LogP contribution in [0.3, 0.4) is 0 Å². The number of benzene rings is 2. The van der Waals surface area contributed by atoms with Gasteiger partial charge in [0.15, 0.2) is 23.0 Å². The van der Waals surface area contributed by atoms with Crippen molar-refractivity contribution in [2.45, 2.75) is 13.0 Å². The predicted molar refractivity (Wildman–Crippen MR) is 106 cm³/mol. The Kier molecular flexibility index (Phi) is 7.20. The van der Waals surface area contributed by atoms with Gasteiger partial charge in [-0.1, -0.05) is 6.07 Å². The van der Waals surface area contributed by atoms with E-state index in [0.29, 0.717) is 34.4 Å². The average Bonchev–Trinajstić information content (AvgIpc) is 2.71. The lowest BCUT2D eigenvalue weighted by atomic mass is 10.1. The van der Waals surface area contributed by atoms with Gasteiger partial charge < -0.3 is 34.3 Å². The Morgan fingerprint density at radius 2 is 1.36 bits per heavy atom. The molecule has 0 saturated heterocycles. The third kappa shape index (κ3) is 4.70. The summed E-state index contributed by atoms with van der Waals surface area (Å²) in [5.41, 5.74) is 1.38. The van der Waals surface area contributed by atoms with Crippen LogP contribution in [-0.2, 0) is 0 Å². The molecule has 0 radical (unpaired) electrons. The molecule has 2 N–H and O–H groups in total. The molecule has 0 spiro atoms. The van der Waals surface area contributed by atoms with E-state index in [9.17, 15) is 4.79 Å². The highest BCUT2D eigenvalue weighted by atomic mass is 16.5. The van der Waals surface area contributed by atoms with Crippen LogP contribution in [0.5, 0.6) is 28.7 Å². The quantitative estimate of drug-likeness (QED) is 0.716. The summed E-state index contributed by atoms with van der Waals surface area (Å²) in [7, 11) is 7.69. The second kappa shape index (κ2) is 9.59. The van der Waals surface area contributed by atoms with Crippen LogP contribution in [0.25, 0.3) is 0 Å². The number of nitrogens with one attached hydrogen (secondary N) is 2. The topological polar surface area (TPSA) is 87.3 Å². The van der Waals surface area contributed by atoms with Crippen molar-refractivity contribution in [3.8, 4) is 28.7 Å². The molecule has 0 heterocycles. The van der Waals surface area contributed by atoms with Crippen LogP contribution in [-0.4, -0.2) is 41.6 Å². The van der Waals surface area contributed by atoms with Gasteiger partial charge in [0, 0.05) is 12.1 Å². The molecule has 0 saturated carbocycles. The van der Waals surface area contributed by atoms with Crippen LogP contribution < -0.4 is 34.3 Å². The van der Waals surface area contributed by atoms with E-state index in [-0.39, 0.29) is 12.1 Å². The molecule has 2 aromatic carbocycles. The number of hydrogen-bond donors (Lipinski definition) is 2. The summed E-state index contributed by atoms with van der Waals surface area (Å²) in [6.45, 7) is 1.87. The summed E-state index contributed by atoms with van der Waals surface area (Å²) >= 11 is 0. The number of methoxy groups -OCH3 is 5. The number of urea groups is 1. The summed E-state index contributed by atoms with van der Waals surface area (Å²) in [5, 5.41) is 5.65. The fourth-order valence-electron chi connectivity index (χ4n) is 2.72. The van der Waals surface area contributed by atoms with E-state index in [1.807, 2.05) is 19.1 Å². The summed E-state index contributed by atoms with van der Waals surface area (Å²) in [4.78, 5) is 12.4. The van der Waals surface area contributed by atoms with Crippen molar-refractivity contribution in [2.75, 3.05) is 40.9 Å². The molecule has 2 rings (SSSR count). The van der Waals surface area contributed by atoms with Gasteiger partial charge in [-0.15, -0.1) is 0 Å². The van der Waals surface area contributed by atoms with Crippen molar-refractivity contribution >= 4 is 11.7 Å². The maximum Gasteiger partial charge on any atom is 0.319 e. The Bertz CT molecular complexity index is 799. The highest BCUT2D eigenvalue weighted by molar-refractivity contribution is 5.90. The Hall–Kier alpha value is -3.29. The Morgan fingerprint density at radius 1 is 0.786 bits per heavy atom. The Balaban J connectivity index is 2.13. The van der Waals surface area contributed by atoms with E-state index in [4.69, 9.17) is 23.7 Å². The van der Waals surface area contributed by atoms with E-state index < -0.39 is 0 Å². The SMILES string of the molecule is COc1ccc(C(C)NC(=O)Nc2cc(OC)c(OC)c(OC)c2)cc1OC. The third-order valence-electron chi connectivity index (χ3n) is 4.18. The fraction of sp³-hybridized carbons (Fsp3) is 0.350. The van der Waals surface area contributed by atoms with Gasteiger partial charge in [-0.2, -0.15) is 0 Å². The van der Waals surface area contributed by atoms with Crippen LogP contribution >= 0.6 is 0 Å². The zero-order chi connectivity index (χ0) is 20.7. The Labute approximate surface area is 164 Å². The van der Waals surface area contributed by atoms with E-state index in [1.54, 1.807) is 32.4 Å². The molecule has 8 heteroatoms. The summed E-state index contributed by atoms with van der Waals surface area (Å²) in [6.07, 6.45) is 0. The number of carbonyl (C=O) groups is 1. The Morgan fingerprint density at radius 3 is 1.86 bits per heavy atom. The normalized spacial score (nSPS) is 11.2. The molecule has 1 unspecified atom stereocenters. The number of hydrogen-bond acceptors (Lipinski definition) is 6. The fourth-order valence-corrected chi connectivity index (χ4v) is 2.72. The minimum atomic E-state index is -0.378. The van der Waals surface area contributed by atoms with Crippen molar-refractivity contribution in [3.05, 3.63) is 35.9 Å². The predicted octanol–water partition coefficient (Wildman–Crippen LogP) is 3.61. The molecule has 0 fully saturated rings. The first-order valence-electron chi connectivity index (χ1n) is 8.56. The summed E-state index contributed by atoms with van der Waals surface area (Å²) in [5.74, 6) is 2.57. The van der Waals surface area contributed by atoms with Crippen LogP contribution in [0, 0.1) is 0 Å². The monoisotopic (exact) mass is 390 g/mol. The maximum absolute atomic E-state index is 12.4. The second-order valence-corrected chi connectivity index (χ2v) is 5.85. The smallest absolute Gasteiger partial charge is 0.319 e. The van der Waals surface area contributed by atoms with E-state index in [2.05, 4.69) is 10.6 Å². The minimum absolute atomic E-state index is 0.262. The van der Waals surface area contributed by atoms with Crippen molar-refractivity contribution in [1.82, 2.24) is 5.32 Å². The van der Waals surface area contributed by atoms with Crippen molar-refractivity contribution < 1.29 is 28.5 Å². The molecule has 2 amide bonds. The molecule has 152 valence electrons. The van der Waals surface area contributed by atoms with Gasteiger partial charge in [0.05, 0.1) is 47.3 Å². The van der Waals surface area contributed by atoms with Gasteiger partial charge >= 0.3 is 6.03 Å².